The maximum atomic E-state index is 12.3. The lowest BCUT2D eigenvalue weighted by molar-refractivity contribution is -0.159. The number of carboxylic acids is 2. The molecule has 12 nitrogen and oxygen atoms in total. The molecule has 1 amide bonds. The zero-order valence-corrected chi connectivity index (χ0v) is 21.0. The molecule has 4 N–H and O–H groups in total. The molecule has 12 heteroatoms. The number of aliphatic carboxylic acids is 2. The normalized spacial score (nSPS) is 10.6. The Bertz CT molecular complexity index is 850. The lowest BCUT2D eigenvalue weighted by Crippen LogP contribution is -2.40. The second-order valence-electron chi connectivity index (χ2n) is 8.40. The summed E-state index contributed by atoms with van der Waals surface area (Å²) in [5.74, 6) is -5.07. The minimum absolute atomic E-state index is 0.00465. The predicted molar refractivity (Wildman–Crippen MR) is 127 cm³/mol. The molecule has 1 aromatic rings. The molecule has 0 aliphatic carbocycles. The molecule has 0 aliphatic heterocycles. The van der Waals surface area contributed by atoms with E-state index in [2.05, 4.69) is 29.4 Å². The Morgan fingerprint density at radius 1 is 0.886 bits per heavy atom. The maximum Gasteiger partial charge on any atom is 0.414 e. The van der Waals surface area contributed by atoms with E-state index >= 15 is 0 Å². The number of rotatable bonds is 11. The van der Waals surface area contributed by atoms with Crippen LogP contribution in [0.1, 0.15) is 48.4 Å². The number of carbonyl (C=O) groups is 5. The van der Waals surface area contributed by atoms with Crippen LogP contribution in [0, 0.1) is 5.41 Å². The van der Waals surface area contributed by atoms with Crippen LogP contribution in [0.5, 0.6) is 0 Å². The molecule has 0 unspecified atom stereocenters. The highest BCUT2D eigenvalue weighted by atomic mass is 16.5. The molecule has 0 fully saturated rings. The summed E-state index contributed by atoms with van der Waals surface area (Å²) in [6.45, 7) is 9.68. The second kappa shape index (κ2) is 15.4. The number of hydrogen-bond donors (Lipinski definition) is 4. The number of nitrogens with one attached hydrogen (secondary N) is 2. The molecule has 1 rings (SSSR count). The van der Waals surface area contributed by atoms with Crippen molar-refractivity contribution in [2.45, 2.75) is 27.7 Å². The van der Waals surface area contributed by atoms with Gasteiger partial charge in [0.05, 0.1) is 30.9 Å². The van der Waals surface area contributed by atoms with Crippen LogP contribution in [0.25, 0.3) is 0 Å². The fourth-order valence-corrected chi connectivity index (χ4v) is 3.00. The van der Waals surface area contributed by atoms with Crippen molar-refractivity contribution in [3.8, 4) is 0 Å². The van der Waals surface area contributed by atoms with Gasteiger partial charge in [0.2, 0.25) is 5.91 Å². The van der Waals surface area contributed by atoms with E-state index < -0.39 is 23.9 Å². The molecule has 0 aromatic heterocycles. The fraction of sp³-hybridized carbons (Fsp3) is 0.522. The van der Waals surface area contributed by atoms with E-state index in [0.29, 0.717) is 12.2 Å². The third kappa shape index (κ3) is 13.7. The van der Waals surface area contributed by atoms with Gasteiger partial charge in [-0.25, -0.2) is 19.2 Å². The molecule has 35 heavy (non-hydrogen) atoms. The largest absolute Gasteiger partial charge is 0.473 e. The quantitative estimate of drug-likeness (QED) is 0.256. The highest BCUT2D eigenvalue weighted by Crippen LogP contribution is 2.18. The van der Waals surface area contributed by atoms with Gasteiger partial charge in [-0.3, -0.25) is 4.79 Å². The van der Waals surface area contributed by atoms with Gasteiger partial charge in [0.25, 0.3) is 0 Å². The van der Waals surface area contributed by atoms with E-state index in [0.717, 1.165) is 6.54 Å². The summed E-state index contributed by atoms with van der Waals surface area (Å²) in [7, 11) is 4.01. The van der Waals surface area contributed by atoms with E-state index in [9.17, 15) is 14.4 Å². The minimum Gasteiger partial charge on any atom is -0.473 e. The van der Waals surface area contributed by atoms with Gasteiger partial charge < -0.3 is 35.2 Å². The number of nitrogens with zero attached hydrogens (tertiary/aromatic N) is 1. The minimum atomic E-state index is -1.82. The first-order valence-corrected chi connectivity index (χ1v) is 10.8. The molecule has 0 aliphatic rings. The topological polar surface area (TPSA) is 172 Å². The summed E-state index contributed by atoms with van der Waals surface area (Å²) in [5.41, 5.74) is 0.684. The first kappa shape index (κ1) is 31.5. The van der Waals surface area contributed by atoms with Crippen molar-refractivity contribution in [2.24, 2.45) is 5.41 Å². The van der Waals surface area contributed by atoms with E-state index in [1.165, 1.54) is 18.2 Å². The molecule has 0 saturated carbocycles. The van der Waals surface area contributed by atoms with Crippen molar-refractivity contribution in [2.75, 3.05) is 52.3 Å². The Labute approximate surface area is 204 Å². The second-order valence-corrected chi connectivity index (χ2v) is 8.40. The third-order valence-corrected chi connectivity index (χ3v) is 4.06. The van der Waals surface area contributed by atoms with Crippen molar-refractivity contribution in [1.29, 1.82) is 0 Å². The number of benzene rings is 1. The number of ether oxygens (including phenoxy) is 2. The van der Waals surface area contributed by atoms with E-state index in [1.807, 2.05) is 14.1 Å². The number of amides is 1. The van der Waals surface area contributed by atoms with Crippen LogP contribution >= 0.6 is 0 Å². The average Bonchev–Trinajstić information content (AvgIpc) is 2.73. The number of anilines is 1. The first-order chi connectivity index (χ1) is 16.2. The van der Waals surface area contributed by atoms with Crippen LogP contribution in [0.2, 0.25) is 0 Å². The number of hydrogen-bond acceptors (Lipinski definition) is 9. The molecule has 0 saturated heterocycles. The summed E-state index contributed by atoms with van der Waals surface area (Å²) in [4.78, 5) is 56.8. The van der Waals surface area contributed by atoms with Gasteiger partial charge >= 0.3 is 23.9 Å². The van der Waals surface area contributed by atoms with Gasteiger partial charge in [-0.05, 0) is 51.6 Å². The van der Waals surface area contributed by atoms with Gasteiger partial charge in [-0.2, -0.15) is 0 Å². The highest BCUT2D eigenvalue weighted by molar-refractivity contribution is 6.27. The Balaban J connectivity index is 0.00000170. The van der Waals surface area contributed by atoms with Crippen LogP contribution in [0.3, 0.4) is 0 Å². The van der Waals surface area contributed by atoms with E-state index in [-0.39, 0.29) is 42.2 Å². The number of carbonyl (C=O) groups excluding carboxylic acids is 3. The summed E-state index contributed by atoms with van der Waals surface area (Å²) in [6, 6.07) is 4.36. The monoisotopic (exact) mass is 497 g/mol. The molecular formula is C23H35N3O9. The predicted octanol–water partition coefficient (Wildman–Crippen LogP) is 1.31. The average molecular weight is 498 g/mol. The van der Waals surface area contributed by atoms with Crippen LogP contribution < -0.4 is 10.6 Å². The Kier molecular flexibility index (Phi) is 13.9. The molecule has 0 radical (unpaired) electrons. The first-order valence-electron chi connectivity index (χ1n) is 10.8. The lowest BCUT2D eigenvalue weighted by atomic mass is 9.93. The van der Waals surface area contributed by atoms with E-state index in [4.69, 9.17) is 29.3 Å². The molecule has 196 valence electrons. The molecule has 0 bridgehead atoms. The molecular weight excluding hydrogens is 462 g/mol. The summed E-state index contributed by atoms with van der Waals surface area (Å²) in [6.07, 6.45) is 0. The van der Waals surface area contributed by atoms with Gasteiger partial charge in [0, 0.05) is 18.8 Å². The summed E-state index contributed by atoms with van der Waals surface area (Å²) >= 11 is 0. The van der Waals surface area contributed by atoms with Crippen LogP contribution in [0.4, 0.5) is 5.69 Å². The highest BCUT2D eigenvalue weighted by Gasteiger charge is 2.19. The van der Waals surface area contributed by atoms with Gasteiger partial charge in [0.1, 0.15) is 0 Å². The Morgan fingerprint density at radius 2 is 1.34 bits per heavy atom. The summed E-state index contributed by atoms with van der Waals surface area (Å²) < 4.78 is 9.99. The van der Waals surface area contributed by atoms with Gasteiger partial charge in [-0.15, -0.1) is 0 Å². The van der Waals surface area contributed by atoms with Crippen molar-refractivity contribution in [3.05, 3.63) is 29.3 Å². The molecule has 1 aromatic carbocycles. The smallest absolute Gasteiger partial charge is 0.414 e. The number of carboxylic acid groups (broad SMARTS) is 2. The molecule has 0 heterocycles. The lowest BCUT2D eigenvalue weighted by Gasteiger charge is -2.28. The third-order valence-electron chi connectivity index (χ3n) is 4.06. The van der Waals surface area contributed by atoms with Crippen LogP contribution in [-0.4, -0.2) is 91.8 Å². The Hall–Kier alpha value is -3.51. The zero-order chi connectivity index (χ0) is 27.2. The standard InChI is InChI=1S/C21H33N3O5.C2H2O4/c1-7-28-19(26)15-9-16(20(27)29-8-2)11-17(10-15)23-18(25)12-22-13-21(3,4)14-24(5)6;3-1(4)2(5)6/h9-11,22H,7-8,12-14H2,1-6H3,(H,23,25);(H,3,4)(H,5,6). The van der Waals surface area contributed by atoms with E-state index in [1.54, 1.807) is 13.8 Å². The van der Waals surface area contributed by atoms with Crippen molar-refractivity contribution in [1.82, 2.24) is 10.2 Å². The maximum absolute atomic E-state index is 12.3. The van der Waals surface area contributed by atoms with Gasteiger partial charge in [-0.1, -0.05) is 13.8 Å². The number of esters is 2. The zero-order valence-electron chi connectivity index (χ0n) is 21.0. The molecule has 0 atom stereocenters. The van der Waals surface area contributed by atoms with Crippen LogP contribution in [0.15, 0.2) is 18.2 Å². The molecule has 0 spiro atoms. The van der Waals surface area contributed by atoms with Crippen molar-refractivity contribution < 1.29 is 43.7 Å². The van der Waals surface area contributed by atoms with Crippen molar-refractivity contribution in [3.63, 3.8) is 0 Å². The Morgan fingerprint density at radius 3 is 1.71 bits per heavy atom. The van der Waals surface area contributed by atoms with Gasteiger partial charge in [0.15, 0.2) is 0 Å². The summed E-state index contributed by atoms with van der Waals surface area (Å²) in [5, 5.41) is 20.6. The van der Waals surface area contributed by atoms with Crippen LogP contribution in [-0.2, 0) is 23.9 Å². The fourth-order valence-electron chi connectivity index (χ4n) is 3.00. The van der Waals surface area contributed by atoms with Crippen molar-refractivity contribution >= 4 is 35.5 Å². The SMILES string of the molecule is CCOC(=O)c1cc(NC(=O)CNCC(C)(C)CN(C)C)cc(C(=O)OCC)c1.O=C(O)C(=O)O.